The molecule has 0 heterocycles. The zero-order valence-electron chi connectivity index (χ0n) is 15.6. The predicted molar refractivity (Wildman–Crippen MR) is 105 cm³/mol. The summed E-state index contributed by atoms with van der Waals surface area (Å²) in [6, 6.07) is 13.7. The van der Waals surface area contributed by atoms with E-state index < -0.39 is 15.9 Å². The van der Waals surface area contributed by atoms with E-state index >= 15 is 0 Å². The number of ether oxygens (including phenoxy) is 1. The monoisotopic (exact) mass is 401 g/mol. The first-order chi connectivity index (χ1) is 13.5. The number of benzene rings is 2. The average molecular weight is 401 g/mol. The van der Waals surface area contributed by atoms with Gasteiger partial charge in [0, 0.05) is 5.56 Å². The number of carbonyl (C=O) groups excluding carboxylic acids is 1. The van der Waals surface area contributed by atoms with Crippen molar-refractivity contribution in [1.82, 2.24) is 10.3 Å². The van der Waals surface area contributed by atoms with Crippen LogP contribution in [0, 0.1) is 11.3 Å². The van der Waals surface area contributed by atoms with E-state index in [9.17, 15) is 13.2 Å². The molecule has 0 spiro atoms. The van der Waals surface area contributed by atoms with Crippen LogP contribution in [0.15, 0.2) is 53.4 Å². The number of nitrogens with zero attached hydrogens (tertiary/aromatic N) is 1. The first-order valence-corrected chi connectivity index (χ1v) is 10.5. The summed E-state index contributed by atoms with van der Waals surface area (Å²) < 4.78 is 30.0. The zero-order valence-corrected chi connectivity index (χ0v) is 16.5. The van der Waals surface area contributed by atoms with Gasteiger partial charge in [0.1, 0.15) is 5.75 Å². The lowest BCUT2D eigenvalue weighted by atomic mass is 10.2. The van der Waals surface area contributed by atoms with Crippen molar-refractivity contribution in [2.24, 2.45) is 0 Å². The van der Waals surface area contributed by atoms with Crippen LogP contribution < -0.4 is 15.0 Å². The Morgan fingerprint density at radius 3 is 2.32 bits per heavy atom. The van der Waals surface area contributed by atoms with E-state index in [1.165, 1.54) is 37.1 Å². The molecule has 0 unspecified atom stereocenters. The van der Waals surface area contributed by atoms with Gasteiger partial charge in [-0.05, 0) is 55.0 Å². The Balaban J connectivity index is 1.87. The minimum Gasteiger partial charge on any atom is -0.494 e. The van der Waals surface area contributed by atoms with E-state index in [2.05, 4.69) is 12.3 Å². The Morgan fingerprint density at radius 2 is 1.71 bits per heavy atom. The van der Waals surface area contributed by atoms with E-state index in [0.717, 1.165) is 12.8 Å². The summed E-state index contributed by atoms with van der Waals surface area (Å²) in [5, 5.41) is 8.75. The lowest BCUT2D eigenvalue weighted by molar-refractivity contribution is 0.0945. The number of sulfonamides is 1. The van der Waals surface area contributed by atoms with E-state index in [1.54, 1.807) is 24.3 Å². The van der Waals surface area contributed by atoms with Gasteiger partial charge in [0.05, 0.1) is 23.1 Å². The third kappa shape index (κ3) is 6.37. The van der Waals surface area contributed by atoms with Crippen LogP contribution >= 0.6 is 0 Å². The number of rotatable bonds is 10. The summed E-state index contributed by atoms with van der Waals surface area (Å²) in [4.78, 5) is 14.1. The molecule has 28 heavy (non-hydrogen) atoms. The number of carbonyl (C=O) groups is 1. The minimum atomic E-state index is -3.93. The number of nitrogens with one attached hydrogen (secondary N) is 2. The van der Waals surface area contributed by atoms with Gasteiger partial charge in [-0.25, -0.2) is 8.42 Å². The fourth-order valence-electron chi connectivity index (χ4n) is 2.37. The second-order valence-electron chi connectivity index (χ2n) is 6.13. The summed E-state index contributed by atoms with van der Waals surface area (Å²) >= 11 is 0. The zero-order chi connectivity index (χ0) is 20.4. The van der Waals surface area contributed by atoms with Crippen LogP contribution in [-0.4, -0.2) is 20.9 Å². The van der Waals surface area contributed by atoms with Crippen molar-refractivity contribution in [2.75, 3.05) is 6.61 Å². The van der Waals surface area contributed by atoms with Gasteiger partial charge in [-0.3, -0.25) is 10.2 Å². The molecule has 0 aliphatic heterocycles. The predicted octanol–water partition coefficient (Wildman–Crippen LogP) is 3.14. The molecule has 1 amide bonds. The topological polar surface area (TPSA) is 108 Å². The van der Waals surface area contributed by atoms with E-state index in [-0.39, 0.29) is 4.90 Å². The number of hydrogen-bond acceptors (Lipinski definition) is 5. The van der Waals surface area contributed by atoms with Gasteiger partial charge >= 0.3 is 0 Å². The van der Waals surface area contributed by atoms with Gasteiger partial charge < -0.3 is 4.74 Å². The molecule has 2 rings (SSSR count). The summed E-state index contributed by atoms with van der Waals surface area (Å²) in [5.74, 6) is 0.0675. The minimum absolute atomic E-state index is 0.0568. The normalized spacial score (nSPS) is 10.9. The number of amides is 1. The third-order valence-corrected chi connectivity index (χ3v) is 5.24. The summed E-state index contributed by atoms with van der Waals surface area (Å²) in [6.07, 6.45) is 4.45. The highest BCUT2D eigenvalue weighted by atomic mass is 32.2. The van der Waals surface area contributed by atoms with Gasteiger partial charge in [-0.15, -0.1) is 4.83 Å². The second-order valence-corrected chi connectivity index (χ2v) is 7.81. The highest BCUT2D eigenvalue weighted by Crippen LogP contribution is 2.13. The largest absolute Gasteiger partial charge is 0.494 e. The molecular formula is C20H23N3O4S. The van der Waals surface area contributed by atoms with Gasteiger partial charge in [-0.1, -0.05) is 26.2 Å². The second kappa shape index (κ2) is 10.4. The molecule has 2 aromatic carbocycles. The quantitative estimate of drug-likeness (QED) is 0.470. The number of hydrogen-bond donors (Lipinski definition) is 2. The standard InChI is InChI=1S/C20H23N3O4S/c1-2-3-4-5-14-27-18-10-8-17(9-11-18)20(24)22-23-28(25,26)19-12-6-16(15-21)7-13-19/h6-13,23H,2-5,14H2,1H3,(H,22,24). The average Bonchev–Trinajstić information content (AvgIpc) is 2.72. The summed E-state index contributed by atoms with van der Waals surface area (Å²) in [6.45, 7) is 2.77. The van der Waals surface area contributed by atoms with Gasteiger partial charge in [0.25, 0.3) is 15.9 Å². The Bertz CT molecular complexity index is 917. The fourth-order valence-corrected chi connectivity index (χ4v) is 3.21. The maximum absolute atomic E-state index is 12.2. The van der Waals surface area contributed by atoms with Crippen molar-refractivity contribution in [3.05, 3.63) is 59.7 Å². The summed E-state index contributed by atoms with van der Waals surface area (Å²) in [5.41, 5.74) is 2.81. The highest BCUT2D eigenvalue weighted by molar-refractivity contribution is 7.89. The van der Waals surface area contributed by atoms with Crippen LogP contribution in [0.3, 0.4) is 0 Å². The molecule has 0 aliphatic carbocycles. The van der Waals surface area contributed by atoms with E-state index in [1.807, 2.05) is 10.9 Å². The maximum atomic E-state index is 12.2. The molecule has 0 aromatic heterocycles. The molecule has 0 aliphatic rings. The first-order valence-electron chi connectivity index (χ1n) is 9.01. The van der Waals surface area contributed by atoms with Gasteiger partial charge in [0.15, 0.2) is 0 Å². The molecule has 0 bridgehead atoms. The molecule has 7 nitrogen and oxygen atoms in total. The Morgan fingerprint density at radius 1 is 1.04 bits per heavy atom. The van der Waals surface area contributed by atoms with Crippen LogP contribution in [-0.2, 0) is 10.0 Å². The van der Waals surface area contributed by atoms with Crippen molar-refractivity contribution in [3.8, 4) is 11.8 Å². The maximum Gasteiger partial charge on any atom is 0.266 e. The molecule has 2 N–H and O–H groups in total. The lowest BCUT2D eigenvalue weighted by Gasteiger charge is -2.09. The summed E-state index contributed by atoms with van der Waals surface area (Å²) in [7, 11) is -3.93. The van der Waals surface area contributed by atoms with Crippen LogP contribution in [0.5, 0.6) is 5.75 Å². The number of unbranched alkanes of at least 4 members (excludes halogenated alkanes) is 3. The lowest BCUT2D eigenvalue weighted by Crippen LogP contribution is -2.41. The number of nitriles is 1. The molecule has 2 aromatic rings. The Labute approximate surface area is 165 Å². The molecule has 148 valence electrons. The number of hydrazine groups is 1. The molecule has 0 saturated heterocycles. The Hall–Kier alpha value is -2.89. The Kier molecular flexibility index (Phi) is 7.99. The smallest absolute Gasteiger partial charge is 0.266 e. The van der Waals surface area contributed by atoms with Crippen molar-refractivity contribution in [3.63, 3.8) is 0 Å². The van der Waals surface area contributed by atoms with Crippen LogP contribution in [0.25, 0.3) is 0 Å². The van der Waals surface area contributed by atoms with Crippen molar-refractivity contribution >= 4 is 15.9 Å². The molecule has 0 fully saturated rings. The molecular weight excluding hydrogens is 378 g/mol. The van der Waals surface area contributed by atoms with Crippen molar-refractivity contribution in [1.29, 1.82) is 5.26 Å². The molecule has 0 saturated carbocycles. The third-order valence-electron chi connectivity index (χ3n) is 3.98. The van der Waals surface area contributed by atoms with Crippen LogP contribution in [0.4, 0.5) is 0 Å². The molecule has 0 radical (unpaired) electrons. The first kappa shape index (κ1) is 21.4. The fraction of sp³-hybridized carbons (Fsp3) is 0.300. The van der Waals surface area contributed by atoms with Gasteiger partial charge in [-0.2, -0.15) is 5.26 Å². The van der Waals surface area contributed by atoms with E-state index in [0.29, 0.717) is 23.5 Å². The van der Waals surface area contributed by atoms with Crippen molar-refractivity contribution < 1.29 is 17.9 Å². The van der Waals surface area contributed by atoms with Crippen LogP contribution in [0.1, 0.15) is 48.5 Å². The van der Waals surface area contributed by atoms with Crippen LogP contribution in [0.2, 0.25) is 0 Å². The molecule has 0 atom stereocenters. The van der Waals surface area contributed by atoms with E-state index in [4.69, 9.17) is 10.00 Å². The van der Waals surface area contributed by atoms with Gasteiger partial charge in [0.2, 0.25) is 0 Å². The highest BCUT2D eigenvalue weighted by Gasteiger charge is 2.15. The molecule has 8 heteroatoms. The van der Waals surface area contributed by atoms with Crippen molar-refractivity contribution in [2.45, 2.75) is 37.5 Å². The SMILES string of the molecule is CCCCCCOc1ccc(C(=O)NNS(=O)(=O)c2ccc(C#N)cc2)cc1.